The quantitative estimate of drug-likeness (QED) is 0.794. The fourth-order valence-electron chi connectivity index (χ4n) is 0.653. The molecule has 0 aliphatic heterocycles. The van der Waals surface area contributed by atoms with E-state index in [-0.39, 0.29) is 0 Å². The van der Waals surface area contributed by atoms with Gasteiger partial charge in [-0.3, -0.25) is 0 Å². The molecule has 0 atom stereocenters. The average molecular weight is 236 g/mol. The molecule has 5 heteroatoms. The second-order valence-corrected chi connectivity index (χ2v) is 4.84. The molecule has 3 nitrogen and oxygen atoms in total. The molecule has 0 unspecified atom stereocenters. The van der Waals surface area contributed by atoms with Crippen LogP contribution in [0.3, 0.4) is 0 Å². The summed E-state index contributed by atoms with van der Waals surface area (Å²) in [6, 6.07) is 0. The summed E-state index contributed by atoms with van der Waals surface area (Å²) in [6.45, 7) is 1.03. The summed E-state index contributed by atoms with van der Waals surface area (Å²) in [5.41, 5.74) is 0. The molecule has 0 spiro atoms. The van der Waals surface area contributed by atoms with E-state index in [0.717, 1.165) is 21.9 Å². The monoisotopic (exact) mass is 235 g/mol. The zero-order valence-electron chi connectivity index (χ0n) is 6.54. The van der Waals surface area contributed by atoms with Crippen molar-refractivity contribution >= 4 is 27.3 Å². The number of halogens is 1. The number of rotatable bonds is 3. The van der Waals surface area contributed by atoms with Crippen LogP contribution in [0.2, 0.25) is 0 Å². The average Bonchev–Trinajstić information content (AvgIpc) is 2.31. The Morgan fingerprint density at radius 1 is 1.45 bits per heavy atom. The van der Waals surface area contributed by atoms with Gasteiger partial charge in [0.1, 0.15) is 5.01 Å². The van der Waals surface area contributed by atoms with Gasteiger partial charge >= 0.3 is 0 Å². The van der Waals surface area contributed by atoms with Crippen molar-refractivity contribution in [1.82, 2.24) is 15.1 Å². The Bertz CT molecular complexity index is 223. The molecule has 0 fully saturated rings. The van der Waals surface area contributed by atoms with Crippen molar-refractivity contribution in [3.63, 3.8) is 0 Å². The van der Waals surface area contributed by atoms with Crippen molar-refractivity contribution in [2.75, 3.05) is 20.6 Å². The van der Waals surface area contributed by atoms with Gasteiger partial charge in [-0.15, -0.1) is 10.2 Å². The van der Waals surface area contributed by atoms with Crippen molar-refractivity contribution in [2.45, 2.75) is 6.42 Å². The smallest absolute Gasteiger partial charge is 0.183 e. The number of aromatic nitrogens is 2. The molecule has 0 saturated heterocycles. The second kappa shape index (κ2) is 4.13. The van der Waals surface area contributed by atoms with Crippen LogP contribution in [0.1, 0.15) is 5.01 Å². The molecule has 0 aromatic carbocycles. The fraction of sp³-hybridized carbons (Fsp3) is 0.667. The molecule has 1 aromatic rings. The number of nitrogens with zero attached hydrogens (tertiary/aromatic N) is 3. The normalized spacial score (nSPS) is 10.9. The second-order valence-electron chi connectivity index (χ2n) is 2.50. The van der Waals surface area contributed by atoms with Crippen LogP contribution in [-0.2, 0) is 6.42 Å². The van der Waals surface area contributed by atoms with E-state index in [2.05, 4.69) is 45.1 Å². The maximum absolute atomic E-state index is 3.98. The Morgan fingerprint density at radius 2 is 2.18 bits per heavy atom. The minimum absolute atomic E-state index is 0.867. The first-order valence-corrected chi connectivity index (χ1v) is 4.92. The third kappa shape index (κ3) is 3.27. The predicted octanol–water partition coefficient (Wildman–Crippen LogP) is 1.40. The third-order valence-corrected chi connectivity index (χ3v) is 2.63. The van der Waals surface area contributed by atoms with Crippen molar-refractivity contribution in [3.05, 3.63) is 8.92 Å². The van der Waals surface area contributed by atoms with Crippen molar-refractivity contribution in [2.24, 2.45) is 0 Å². The van der Waals surface area contributed by atoms with Crippen LogP contribution in [0.15, 0.2) is 3.92 Å². The van der Waals surface area contributed by atoms with E-state index < -0.39 is 0 Å². The van der Waals surface area contributed by atoms with Gasteiger partial charge in [0.2, 0.25) is 0 Å². The lowest BCUT2D eigenvalue weighted by Crippen LogP contribution is -2.14. The van der Waals surface area contributed by atoms with E-state index in [1.165, 1.54) is 0 Å². The van der Waals surface area contributed by atoms with Crippen LogP contribution < -0.4 is 0 Å². The molecular weight excluding hydrogens is 226 g/mol. The van der Waals surface area contributed by atoms with Gasteiger partial charge in [0, 0.05) is 13.0 Å². The lowest BCUT2D eigenvalue weighted by molar-refractivity contribution is 0.413. The van der Waals surface area contributed by atoms with E-state index in [1.54, 1.807) is 11.3 Å². The van der Waals surface area contributed by atoms with Gasteiger partial charge in [0.05, 0.1) is 0 Å². The summed E-state index contributed by atoms with van der Waals surface area (Å²) in [4.78, 5) is 2.13. The molecule has 62 valence electrons. The molecule has 0 saturated carbocycles. The van der Waals surface area contributed by atoms with E-state index >= 15 is 0 Å². The number of hydrogen-bond donors (Lipinski definition) is 0. The Labute approximate surface area is 78.6 Å². The van der Waals surface area contributed by atoms with Gasteiger partial charge in [-0.25, -0.2) is 0 Å². The molecule has 1 heterocycles. The third-order valence-electron chi connectivity index (χ3n) is 1.22. The maximum atomic E-state index is 3.98. The number of likely N-dealkylation sites (N-methyl/N-ethyl adjacent to an activating group) is 1. The molecule has 0 bridgehead atoms. The SMILES string of the molecule is CN(C)CCc1nnc(Br)s1. The minimum Gasteiger partial charge on any atom is -0.309 e. The van der Waals surface area contributed by atoms with Crippen LogP contribution >= 0.6 is 27.3 Å². The lowest BCUT2D eigenvalue weighted by Gasteiger charge is -2.05. The Balaban J connectivity index is 2.39. The summed E-state index contributed by atoms with van der Waals surface area (Å²) in [6.07, 6.45) is 0.982. The van der Waals surface area contributed by atoms with Crippen LogP contribution in [0.25, 0.3) is 0 Å². The molecule has 0 amide bonds. The zero-order valence-corrected chi connectivity index (χ0v) is 8.94. The minimum atomic E-state index is 0.867. The number of hydrogen-bond acceptors (Lipinski definition) is 4. The van der Waals surface area contributed by atoms with Crippen LogP contribution in [0.4, 0.5) is 0 Å². The highest BCUT2D eigenvalue weighted by Crippen LogP contribution is 2.15. The summed E-state index contributed by atoms with van der Waals surface area (Å²) in [5, 5.41) is 8.93. The predicted molar refractivity (Wildman–Crippen MR) is 49.9 cm³/mol. The Hall–Kier alpha value is -0.0000000000000000833. The van der Waals surface area contributed by atoms with Crippen molar-refractivity contribution in [1.29, 1.82) is 0 Å². The van der Waals surface area contributed by atoms with Gasteiger partial charge in [0.25, 0.3) is 0 Å². The van der Waals surface area contributed by atoms with Crippen LogP contribution in [0.5, 0.6) is 0 Å². The Kier molecular flexibility index (Phi) is 3.42. The highest BCUT2D eigenvalue weighted by atomic mass is 79.9. The Morgan fingerprint density at radius 3 is 2.64 bits per heavy atom. The maximum Gasteiger partial charge on any atom is 0.183 e. The summed E-state index contributed by atoms with van der Waals surface area (Å²) < 4.78 is 0.867. The first-order chi connectivity index (χ1) is 5.18. The molecule has 11 heavy (non-hydrogen) atoms. The van der Waals surface area contributed by atoms with Crippen molar-refractivity contribution in [3.8, 4) is 0 Å². The molecule has 0 N–H and O–H groups in total. The van der Waals surface area contributed by atoms with E-state index in [4.69, 9.17) is 0 Å². The first-order valence-electron chi connectivity index (χ1n) is 3.31. The molecule has 0 aliphatic carbocycles. The highest BCUT2D eigenvalue weighted by molar-refractivity contribution is 9.11. The molecule has 1 aromatic heterocycles. The zero-order chi connectivity index (χ0) is 8.27. The van der Waals surface area contributed by atoms with Gasteiger partial charge in [0.15, 0.2) is 3.92 Å². The summed E-state index contributed by atoms with van der Waals surface area (Å²) in [7, 11) is 4.10. The van der Waals surface area contributed by atoms with E-state index in [0.29, 0.717) is 0 Å². The topological polar surface area (TPSA) is 29.0 Å². The largest absolute Gasteiger partial charge is 0.309 e. The molecule has 0 radical (unpaired) electrons. The summed E-state index contributed by atoms with van der Waals surface area (Å²) >= 11 is 4.87. The standard InChI is InChI=1S/C6H10BrN3S/c1-10(2)4-3-5-8-9-6(7)11-5/h3-4H2,1-2H3. The molecule has 0 aliphatic rings. The van der Waals surface area contributed by atoms with Crippen molar-refractivity contribution < 1.29 is 0 Å². The van der Waals surface area contributed by atoms with E-state index in [1.807, 2.05) is 0 Å². The van der Waals surface area contributed by atoms with E-state index in [9.17, 15) is 0 Å². The van der Waals surface area contributed by atoms with Crippen LogP contribution in [0, 0.1) is 0 Å². The highest BCUT2D eigenvalue weighted by Gasteiger charge is 2.00. The molecular formula is C6H10BrN3S. The lowest BCUT2D eigenvalue weighted by atomic mass is 10.4. The summed E-state index contributed by atoms with van der Waals surface area (Å²) in [5.74, 6) is 0. The first kappa shape index (κ1) is 9.09. The van der Waals surface area contributed by atoms with Gasteiger partial charge in [-0.1, -0.05) is 11.3 Å². The fourth-order valence-corrected chi connectivity index (χ4v) is 1.84. The van der Waals surface area contributed by atoms with Gasteiger partial charge in [-0.2, -0.15) is 0 Å². The van der Waals surface area contributed by atoms with Gasteiger partial charge < -0.3 is 4.90 Å². The van der Waals surface area contributed by atoms with Crippen LogP contribution in [-0.4, -0.2) is 35.7 Å². The van der Waals surface area contributed by atoms with Gasteiger partial charge in [-0.05, 0) is 30.0 Å². The molecule has 1 rings (SSSR count).